The Morgan fingerprint density at radius 1 is 0.912 bits per heavy atom. The number of piperidine rings is 1. The summed E-state index contributed by atoms with van der Waals surface area (Å²) in [6.45, 7) is 2.70. The molecule has 34 heavy (non-hydrogen) atoms. The quantitative estimate of drug-likeness (QED) is 0.376. The van der Waals surface area contributed by atoms with Gasteiger partial charge in [0.25, 0.3) is 0 Å². The Labute approximate surface area is 205 Å². The number of benzene rings is 3. The van der Waals surface area contributed by atoms with E-state index in [2.05, 4.69) is 46.6 Å². The third-order valence-electron chi connectivity index (χ3n) is 6.61. The highest BCUT2D eigenvalue weighted by atomic mass is 35.5. The van der Waals surface area contributed by atoms with E-state index in [4.69, 9.17) is 16.6 Å². The summed E-state index contributed by atoms with van der Waals surface area (Å²) in [5, 5.41) is 5.17. The van der Waals surface area contributed by atoms with Crippen LogP contribution < -0.4 is 5.32 Å². The molecule has 1 aliphatic rings. The number of rotatable bonds is 6. The van der Waals surface area contributed by atoms with E-state index in [9.17, 15) is 4.79 Å². The zero-order valence-electron chi connectivity index (χ0n) is 19.0. The molecule has 0 spiro atoms. The van der Waals surface area contributed by atoms with Crippen LogP contribution in [0.2, 0.25) is 5.02 Å². The number of hydrogen-bond acceptors (Lipinski definition) is 3. The summed E-state index contributed by atoms with van der Waals surface area (Å²) in [7, 11) is 0. The fourth-order valence-electron chi connectivity index (χ4n) is 4.68. The Kier molecular flexibility index (Phi) is 6.89. The van der Waals surface area contributed by atoms with Crippen molar-refractivity contribution in [1.29, 1.82) is 0 Å². The molecule has 0 bridgehead atoms. The highest BCUT2D eigenvalue weighted by molar-refractivity contribution is 6.30. The summed E-state index contributed by atoms with van der Waals surface area (Å²) in [6, 6.07) is 30.0. The molecule has 1 saturated heterocycles. The maximum Gasteiger partial charge on any atom is 0.224 e. The topological polar surface area (TPSA) is 45.2 Å². The van der Waals surface area contributed by atoms with Crippen LogP contribution in [-0.4, -0.2) is 28.9 Å². The van der Waals surface area contributed by atoms with Crippen LogP contribution in [0.1, 0.15) is 35.7 Å². The fourth-order valence-corrected chi connectivity index (χ4v) is 4.80. The van der Waals surface area contributed by atoms with Crippen LogP contribution in [0.15, 0.2) is 91.0 Å². The standard InChI is InChI=1S/C29H28ClN3O/c30-25-13-10-21(11-14-25)20-33-18-16-24(17-19-33)29(34)32-28(23-7-2-1-3-8-23)27-15-12-22-6-4-5-9-26(22)31-27/h1-15,24,28H,16-20H2,(H,32,34). The molecule has 4 nitrogen and oxygen atoms in total. The summed E-state index contributed by atoms with van der Waals surface area (Å²) < 4.78 is 0. The molecule has 1 atom stereocenters. The molecule has 1 aromatic heterocycles. The van der Waals surface area contributed by atoms with Crippen molar-refractivity contribution >= 4 is 28.4 Å². The van der Waals surface area contributed by atoms with E-state index in [-0.39, 0.29) is 17.9 Å². The first kappa shape index (κ1) is 22.6. The lowest BCUT2D eigenvalue weighted by Gasteiger charge is -2.32. The van der Waals surface area contributed by atoms with E-state index in [0.717, 1.165) is 59.7 Å². The van der Waals surface area contributed by atoms with Crippen molar-refractivity contribution in [2.75, 3.05) is 13.1 Å². The monoisotopic (exact) mass is 469 g/mol. The molecule has 3 aromatic carbocycles. The molecule has 1 fully saturated rings. The first-order valence-corrected chi connectivity index (χ1v) is 12.2. The smallest absolute Gasteiger partial charge is 0.224 e. The van der Waals surface area contributed by atoms with Gasteiger partial charge in [0, 0.05) is 22.9 Å². The molecular formula is C29H28ClN3O. The predicted octanol–water partition coefficient (Wildman–Crippen LogP) is 6.01. The van der Waals surface area contributed by atoms with Gasteiger partial charge in [0.05, 0.1) is 17.3 Å². The molecule has 1 N–H and O–H groups in total. The molecule has 1 unspecified atom stereocenters. The van der Waals surface area contributed by atoms with Gasteiger partial charge in [-0.15, -0.1) is 0 Å². The SMILES string of the molecule is O=C(NC(c1ccccc1)c1ccc2ccccc2n1)C1CCN(Cc2ccc(Cl)cc2)CC1. The lowest BCUT2D eigenvalue weighted by atomic mass is 9.94. The average Bonchev–Trinajstić information content (AvgIpc) is 2.89. The minimum absolute atomic E-state index is 0.00753. The summed E-state index contributed by atoms with van der Waals surface area (Å²) in [5.41, 5.74) is 4.08. The Morgan fingerprint density at radius 3 is 2.38 bits per heavy atom. The van der Waals surface area contributed by atoms with E-state index < -0.39 is 0 Å². The van der Waals surface area contributed by atoms with Crippen LogP contribution in [0, 0.1) is 5.92 Å². The van der Waals surface area contributed by atoms with E-state index in [0.29, 0.717) is 0 Å². The van der Waals surface area contributed by atoms with Crippen molar-refractivity contribution < 1.29 is 4.79 Å². The van der Waals surface area contributed by atoms with Gasteiger partial charge in [-0.05, 0) is 61.3 Å². The largest absolute Gasteiger partial charge is 0.343 e. The Balaban J connectivity index is 1.28. The molecule has 1 amide bonds. The first-order valence-electron chi connectivity index (χ1n) is 11.8. The van der Waals surface area contributed by atoms with Gasteiger partial charge in [0.1, 0.15) is 0 Å². The summed E-state index contributed by atoms with van der Waals surface area (Å²) >= 11 is 6.00. The Bertz CT molecular complexity index is 1250. The van der Waals surface area contributed by atoms with Gasteiger partial charge in [-0.1, -0.05) is 78.3 Å². The molecule has 0 radical (unpaired) electrons. The van der Waals surface area contributed by atoms with Crippen molar-refractivity contribution in [3.63, 3.8) is 0 Å². The summed E-state index contributed by atoms with van der Waals surface area (Å²) in [5.74, 6) is 0.114. The molecule has 0 aliphatic carbocycles. The molecule has 5 heteroatoms. The van der Waals surface area contributed by atoms with Gasteiger partial charge in [0.2, 0.25) is 5.91 Å². The van der Waals surface area contributed by atoms with E-state index >= 15 is 0 Å². The van der Waals surface area contributed by atoms with Crippen molar-refractivity contribution in [3.05, 3.63) is 113 Å². The maximum absolute atomic E-state index is 13.3. The van der Waals surface area contributed by atoms with Crippen molar-refractivity contribution in [2.24, 2.45) is 5.92 Å². The fraction of sp³-hybridized carbons (Fsp3) is 0.241. The van der Waals surface area contributed by atoms with Crippen molar-refractivity contribution in [2.45, 2.75) is 25.4 Å². The van der Waals surface area contributed by atoms with Crippen LogP contribution in [0.5, 0.6) is 0 Å². The molecule has 0 saturated carbocycles. The average molecular weight is 470 g/mol. The molecular weight excluding hydrogens is 442 g/mol. The third kappa shape index (κ3) is 5.30. The Hall–Kier alpha value is -3.21. The summed E-state index contributed by atoms with van der Waals surface area (Å²) in [6.07, 6.45) is 1.71. The number of nitrogens with one attached hydrogen (secondary N) is 1. The number of halogens is 1. The van der Waals surface area contributed by atoms with Gasteiger partial charge < -0.3 is 5.32 Å². The van der Waals surface area contributed by atoms with Gasteiger partial charge in [-0.25, -0.2) is 0 Å². The number of para-hydroxylation sites is 1. The van der Waals surface area contributed by atoms with Gasteiger partial charge in [-0.3, -0.25) is 14.7 Å². The lowest BCUT2D eigenvalue weighted by molar-refractivity contribution is -0.127. The minimum atomic E-state index is -0.273. The molecule has 2 heterocycles. The number of carbonyl (C=O) groups excluding carboxylic acids is 1. The van der Waals surface area contributed by atoms with E-state index in [1.807, 2.05) is 54.6 Å². The first-order chi connectivity index (χ1) is 16.7. The number of nitrogens with zero attached hydrogens (tertiary/aromatic N) is 2. The number of pyridine rings is 1. The van der Waals surface area contributed by atoms with Crippen LogP contribution in [0.25, 0.3) is 10.9 Å². The van der Waals surface area contributed by atoms with E-state index in [1.54, 1.807) is 0 Å². The number of amides is 1. The minimum Gasteiger partial charge on any atom is -0.343 e. The second-order valence-corrected chi connectivity index (χ2v) is 9.39. The predicted molar refractivity (Wildman–Crippen MR) is 138 cm³/mol. The van der Waals surface area contributed by atoms with Crippen molar-refractivity contribution in [1.82, 2.24) is 15.2 Å². The highest BCUT2D eigenvalue weighted by Gasteiger charge is 2.28. The number of fused-ring (bicyclic) bond motifs is 1. The molecule has 4 aromatic rings. The van der Waals surface area contributed by atoms with E-state index in [1.165, 1.54) is 5.56 Å². The lowest BCUT2D eigenvalue weighted by Crippen LogP contribution is -2.41. The van der Waals surface area contributed by atoms with Gasteiger partial charge in [0.15, 0.2) is 0 Å². The third-order valence-corrected chi connectivity index (χ3v) is 6.87. The molecule has 172 valence electrons. The zero-order chi connectivity index (χ0) is 23.3. The normalized spacial score (nSPS) is 15.8. The second-order valence-electron chi connectivity index (χ2n) is 8.96. The van der Waals surface area contributed by atoms with Crippen LogP contribution in [-0.2, 0) is 11.3 Å². The molecule has 1 aliphatic heterocycles. The maximum atomic E-state index is 13.3. The van der Waals surface area contributed by atoms with Gasteiger partial charge >= 0.3 is 0 Å². The van der Waals surface area contributed by atoms with Gasteiger partial charge in [-0.2, -0.15) is 0 Å². The van der Waals surface area contributed by atoms with Crippen LogP contribution in [0.3, 0.4) is 0 Å². The second kappa shape index (κ2) is 10.4. The highest BCUT2D eigenvalue weighted by Crippen LogP contribution is 2.26. The number of likely N-dealkylation sites (tertiary alicyclic amines) is 1. The zero-order valence-corrected chi connectivity index (χ0v) is 19.8. The van der Waals surface area contributed by atoms with Crippen LogP contribution >= 0.6 is 11.6 Å². The summed E-state index contributed by atoms with van der Waals surface area (Å²) in [4.78, 5) is 20.6. The number of carbonyl (C=O) groups is 1. The van der Waals surface area contributed by atoms with Crippen molar-refractivity contribution in [3.8, 4) is 0 Å². The Morgan fingerprint density at radius 2 is 1.62 bits per heavy atom. The molecule has 5 rings (SSSR count). The number of aromatic nitrogens is 1. The number of hydrogen-bond donors (Lipinski definition) is 1. The van der Waals surface area contributed by atoms with Crippen LogP contribution in [0.4, 0.5) is 0 Å².